The van der Waals surface area contributed by atoms with E-state index in [1.54, 1.807) is 0 Å². The van der Waals surface area contributed by atoms with Crippen LogP contribution in [0.15, 0.2) is 30.3 Å². The van der Waals surface area contributed by atoms with E-state index in [1.807, 2.05) is 30.3 Å². The molecule has 1 aromatic carbocycles. The van der Waals surface area contributed by atoms with Crippen LogP contribution in [0.5, 0.6) is 0 Å². The van der Waals surface area contributed by atoms with Crippen LogP contribution in [0.4, 0.5) is 0 Å². The molecule has 0 saturated heterocycles. The van der Waals surface area contributed by atoms with E-state index in [1.165, 1.54) is 0 Å². The number of aromatic nitrogens is 3. The fraction of sp³-hybridized carbons (Fsp3) is 0.273. The smallest absolute Gasteiger partial charge is 0.167 e. The summed E-state index contributed by atoms with van der Waals surface area (Å²) in [5.41, 5.74) is 7.11. The van der Waals surface area contributed by atoms with Crippen LogP contribution in [-0.4, -0.2) is 20.3 Å². The van der Waals surface area contributed by atoms with Crippen LogP contribution >= 0.6 is 0 Å². The summed E-state index contributed by atoms with van der Waals surface area (Å²) in [6.45, 7) is -0.148. The Balaban J connectivity index is 2.05. The minimum Gasteiger partial charge on any atom is -0.388 e. The number of aliphatic hydroxyl groups excluding tert-OH is 1. The highest BCUT2D eigenvalue weighted by Gasteiger charge is 2.12. The molecule has 0 fully saturated rings. The summed E-state index contributed by atoms with van der Waals surface area (Å²) in [5.74, 6) is 0.978. The first-order valence-electron chi connectivity index (χ1n) is 5.11. The minimum atomic E-state index is -0.251. The molecule has 2 aromatic rings. The fourth-order valence-corrected chi connectivity index (χ4v) is 1.51. The number of nitrogens with two attached hydrogens (primary N) is 1. The lowest BCUT2D eigenvalue weighted by molar-refractivity contribution is 0.271. The number of nitrogens with zero attached hydrogens (tertiary/aromatic N) is 2. The molecule has 1 heterocycles. The molecule has 1 aromatic heterocycles. The Morgan fingerprint density at radius 3 is 2.69 bits per heavy atom. The molecular weight excluding hydrogens is 204 g/mol. The molecule has 0 radical (unpaired) electrons. The average molecular weight is 218 g/mol. The maximum atomic E-state index is 8.85. The molecule has 0 aliphatic rings. The van der Waals surface area contributed by atoms with Crippen LogP contribution in [0.1, 0.15) is 23.3 Å². The number of rotatable bonds is 4. The molecule has 2 rings (SSSR count). The number of hydrogen-bond donors (Lipinski definition) is 3. The number of nitrogens with one attached hydrogen (secondary N) is 1. The van der Waals surface area contributed by atoms with Crippen LogP contribution in [0.2, 0.25) is 0 Å². The van der Waals surface area contributed by atoms with Crippen LogP contribution in [0.25, 0.3) is 0 Å². The van der Waals surface area contributed by atoms with Crippen molar-refractivity contribution in [2.45, 2.75) is 19.1 Å². The van der Waals surface area contributed by atoms with Crippen molar-refractivity contribution in [1.29, 1.82) is 0 Å². The second-order valence-corrected chi connectivity index (χ2v) is 3.59. The van der Waals surface area contributed by atoms with Gasteiger partial charge in [-0.05, 0) is 12.0 Å². The predicted octanol–water partition coefficient (Wildman–Crippen LogP) is 0.539. The van der Waals surface area contributed by atoms with Crippen molar-refractivity contribution < 1.29 is 5.11 Å². The molecule has 0 spiro atoms. The summed E-state index contributed by atoms with van der Waals surface area (Å²) in [6.07, 6.45) is 0.684. The van der Waals surface area contributed by atoms with E-state index in [9.17, 15) is 0 Å². The molecule has 4 N–H and O–H groups in total. The monoisotopic (exact) mass is 218 g/mol. The molecule has 84 valence electrons. The molecule has 16 heavy (non-hydrogen) atoms. The Morgan fingerprint density at radius 2 is 2.06 bits per heavy atom. The minimum absolute atomic E-state index is 0.148. The topological polar surface area (TPSA) is 87.8 Å². The molecule has 1 atom stereocenters. The summed E-state index contributed by atoms with van der Waals surface area (Å²) < 4.78 is 0. The highest BCUT2D eigenvalue weighted by Crippen LogP contribution is 2.12. The third kappa shape index (κ3) is 2.44. The lowest BCUT2D eigenvalue weighted by Gasteiger charge is -2.06. The zero-order valence-electron chi connectivity index (χ0n) is 8.80. The van der Waals surface area contributed by atoms with Gasteiger partial charge in [0, 0.05) is 0 Å². The number of H-pyrrole nitrogens is 1. The van der Waals surface area contributed by atoms with Gasteiger partial charge in [-0.15, -0.1) is 0 Å². The van der Waals surface area contributed by atoms with E-state index in [2.05, 4.69) is 15.2 Å². The second kappa shape index (κ2) is 4.87. The lowest BCUT2D eigenvalue weighted by Crippen LogP contribution is -2.15. The fourth-order valence-electron chi connectivity index (χ4n) is 1.51. The van der Waals surface area contributed by atoms with Gasteiger partial charge in [-0.25, -0.2) is 4.98 Å². The SMILES string of the molecule is N[C@@H](Cc1ccccc1)c1n[nH]c(CO)n1. The molecule has 0 bridgehead atoms. The quantitative estimate of drug-likeness (QED) is 0.699. The Kier molecular flexibility index (Phi) is 3.28. The molecule has 0 aliphatic carbocycles. The largest absolute Gasteiger partial charge is 0.388 e. The van der Waals surface area contributed by atoms with Gasteiger partial charge < -0.3 is 10.8 Å². The van der Waals surface area contributed by atoms with Crippen LogP contribution in [0, 0.1) is 0 Å². The Morgan fingerprint density at radius 1 is 1.31 bits per heavy atom. The van der Waals surface area contributed by atoms with Gasteiger partial charge in [-0.2, -0.15) is 5.10 Å². The number of aliphatic hydroxyl groups is 1. The second-order valence-electron chi connectivity index (χ2n) is 3.59. The highest BCUT2D eigenvalue weighted by atomic mass is 16.3. The van der Waals surface area contributed by atoms with Crippen molar-refractivity contribution in [1.82, 2.24) is 15.2 Å². The summed E-state index contributed by atoms with van der Waals surface area (Å²) in [7, 11) is 0. The van der Waals surface area contributed by atoms with Gasteiger partial charge in [0.05, 0.1) is 6.04 Å². The molecule has 5 nitrogen and oxygen atoms in total. The third-order valence-electron chi connectivity index (χ3n) is 2.33. The van der Waals surface area contributed by atoms with Crippen LogP contribution in [-0.2, 0) is 13.0 Å². The van der Waals surface area contributed by atoms with Crippen LogP contribution in [0.3, 0.4) is 0 Å². The van der Waals surface area contributed by atoms with Crippen molar-refractivity contribution in [2.24, 2.45) is 5.73 Å². The van der Waals surface area contributed by atoms with E-state index < -0.39 is 0 Å². The molecule has 0 aliphatic heterocycles. The Hall–Kier alpha value is -1.72. The van der Waals surface area contributed by atoms with Gasteiger partial charge >= 0.3 is 0 Å². The summed E-state index contributed by atoms with van der Waals surface area (Å²) in [5, 5.41) is 15.4. The molecule has 5 heteroatoms. The van der Waals surface area contributed by atoms with Crippen molar-refractivity contribution in [3.05, 3.63) is 47.5 Å². The first-order valence-corrected chi connectivity index (χ1v) is 5.11. The van der Waals surface area contributed by atoms with Crippen molar-refractivity contribution >= 4 is 0 Å². The van der Waals surface area contributed by atoms with E-state index in [0.29, 0.717) is 18.1 Å². The third-order valence-corrected chi connectivity index (χ3v) is 2.33. The summed E-state index contributed by atoms with van der Waals surface area (Å²) in [6, 6.07) is 9.68. The molecule has 0 saturated carbocycles. The van der Waals surface area contributed by atoms with Gasteiger partial charge in [0.1, 0.15) is 12.4 Å². The average Bonchev–Trinajstić information content (AvgIpc) is 2.79. The standard InChI is InChI=1S/C11H14N4O/c12-9(6-8-4-2-1-3-5-8)11-13-10(7-16)14-15-11/h1-5,9,16H,6-7,12H2,(H,13,14,15)/t9-/m0/s1. The highest BCUT2D eigenvalue weighted by molar-refractivity contribution is 5.17. The first kappa shape index (κ1) is 10.8. The Bertz CT molecular complexity index is 440. The lowest BCUT2D eigenvalue weighted by atomic mass is 10.1. The van der Waals surface area contributed by atoms with Gasteiger partial charge in [-0.3, -0.25) is 5.10 Å². The number of hydrogen-bond acceptors (Lipinski definition) is 4. The summed E-state index contributed by atoms with van der Waals surface area (Å²) in [4.78, 5) is 4.08. The van der Waals surface area contributed by atoms with Crippen molar-refractivity contribution in [2.75, 3.05) is 0 Å². The Labute approximate surface area is 93.3 Å². The van der Waals surface area contributed by atoms with Gasteiger partial charge in [0.2, 0.25) is 0 Å². The number of aromatic amines is 1. The van der Waals surface area contributed by atoms with E-state index in [-0.39, 0.29) is 12.6 Å². The molecular formula is C11H14N4O. The number of benzene rings is 1. The zero-order chi connectivity index (χ0) is 11.4. The van der Waals surface area contributed by atoms with E-state index in [0.717, 1.165) is 5.56 Å². The van der Waals surface area contributed by atoms with E-state index in [4.69, 9.17) is 10.8 Å². The summed E-state index contributed by atoms with van der Waals surface area (Å²) >= 11 is 0. The first-order chi connectivity index (χ1) is 7.79. The maximum Gasteiger partial charge on any atom is 0.167 e. The van der Waals surface area contributed by atoms with Gasteiger partial charge in [0.25, 0.3) is 0 Å². The maximum absolute atomic E-state index is 8.85. The van der Waals surface area contributed by atoms with Gasteiger partial charge in [0.15, 0.2) is 5.82 Å². The van der Waals surface area contributed by atoms with E-state index >= 15 is 0 Å². The molecule has 0 unspecified atom stereocenters. The predicted molar refractivity (Wildman–Crippen MR) is 59.4 cm³/mol. The normalized spacial score (nSPS) is 12.6. The van der Waals surface area contributed by atoms with Gasteiger partial charge in [-0.1, -0.05) is 30.3 Å². The van der Waals surface area contributed by atoms with Crippen molar-refractivity contribution in [3.63, 3.8) is 0 Å². The zero-order valence-corrected chi connectivity index (χ0v) is 8.80. The molecule has 0 amide bonds. The van der Waals surface area contributed by atoms with Crippen LogP contribution < -0.4 is 5.73 Å². The van der Waals surface area contributed by atoms with Crippen molar-refractivity contribution in [3.8, 4) is 0 Å².